The molecule has 1 saturated heterocycles. The third-order valence-corrected chi connectivity index (χ3v) is 4.35. The number of rotatable bonds is 3. The molecule has 3 rings (SSSR count). The van der Waals surface area contributed by atoms with E-state index in [1.807, 2.05) is 24.0 Å². The summed E-state index contributed by atoms with van der Waals surface area (Å²) in [6.45, 7) is 0.968. The van der Waals surface area contributed by atoms with E-state index in [1.54, 1.807) is 0 Å². The highest BCUT2D eigenvalue weighted by atomic mass is 32.2. The smallest absolute Gasteiger partial charge is 0.0702 e. The van der Waals surface area contributed by atoms with Gasteiger partial charge in [0.15, 0.2) is 0 Å². The highest BCUT2D eigenvalue weighted by Gasteiger charge is 2.14. The number of nitrogens with one attached hydrogen (secondary N) is 1. The quantitative estimate of drug-likeness (QED) is 0.898. The van der Waals surface area contributed by atoms with Gasteiger partial charge in [0.2, 0.25) is 0 Å². The Hall–Kier alpha value is -1.06. The molecule has 1 unspecified atom stereocenters. The van der Waals surface area contributed by atoms with Crippen LogP contribution in [0.3, 0.4) is 0 Å². The summed E-state index contributed by atoms with van der Waals surface area (Å²) in [7, 11) is 0. The van der Waals surface area contributed by atoms with Gasteiger partial charge in [-0.2, -0.15) is 11.8 Å². The van der Waals surface area contributed by atoms with Crippen LogP contribution in [-0.4, -0.2) is 22.5 Å². The van der Waals surface area contributed by atoms with E-state index in [1.165, 1.54) is 28.9 Å². The van der Waals surface area contributed by atoms with Crippen molar-refractivity contribution in [1.82, 2.24) is 10.3 Å². The van der Waals surface area contributed by atoms with Crippen molar-refractivity contribution in [2.24, 2.45) is 0 Å². The van der Waals surface area contributed by atoms with E-state index < -0.39 is 0 Å². The molecule has 1 aliphatic heterocycles. The lowest BCUT2D eigenvalue weighted by molar-refractivity contribution is 0.558. The highest BCUT2D eigenvalue weighted by Crippen LogP contribution is 2.18. The van der Waals surface area contributed by atoms with E-state index in [9.17, 15) is 0 Å². The monoisotopic (exact) mass is 244 g/mol. The number of aromatic nitrogens is 1. The van der Waals surface area contributed by atoms with Crippen LogP contribution in [0.25, 0.3) is 10.9 Å². The molecule has 1 aromatic carbocycles. The molecule has 88 valence electrons. The van der Waals surface area contributed by atoms with Crippen molar-refractivity contribution in [1.29, 1.82) is 0 Å². The first-order valence-corrected chi connectivity index (χ1v) is 7.22. The van der Waals surface area contributed by atoms with Crippen molar-refractivity contribution in [2.45, 2.75) is 19.0 Å². The van der Waals surface area contributed by atoms with E-state index >= 15 is 0 Å². The molecule has 1 aromatic heterocycles. The number of thioether (sulfide) groups is 1. The van der Waals surface area contributed by atoms with Gasteiger partial charge in [-0.15, -0.1) is 0 Å². The molecule has 17 heavy (non-hydrogen) atoms. The lowest BCUT2D eigenvalue weighted by Crippen LogP contribution is -2.27. The molecule has 0 aliphatic carbocycles. The predicted molar refractivity (Wildman–Crippen MR) is 74.3 cm³/mol. The third-order valence-electron chi connectivity index (χ3n) is 3.19. The summed E-state index contributed by atoms with van der Waals surface area (Å²) in [6, 6.07) is 11.3. The minimum absolute atomic E-state index is 0.699. The molecule has 0 saturated carbocycles. The average Bonchev–Trinajstić information content (AvgIpc) is 2.89. The first-order chi connectivity index (χ1) is 8.42. The first kappa shape index (κ1) is 11.1. The lowest BCUT2D eigenvalue weighted by atomic mass is 10.1. The van der Waals surface area contributed by atoms with Gasteiger partial charge in [-0.3, -0.25) is 4.98 Å². The largest absolute Gasteiger partial charge is 0.309 e. The van der Waals surface area contributed by atoms with Crippen LogP contribution in [0.5, 0.6) is 0 Å². The van der Waals surface area contributed by atoms with Gasteiger partial charge in [0.05, 0.1) is 5.52 Å². The summed E-state index contributed by atoms with van der Waals surface area (Å²) in [6.07, 6.45) is 3.15. The zero-order valence-corrected chi connectivity index (χ0v) is 10.5. The number of pyridine rings is 1. The highest BCUT2D eigenvalue weighted by molar-refractivity contribution is 7.99. The molecule has 3 heteroatoms. The molecule has 0 bridgehead atoms. The summed E-state index contributed by atoms with van der Waals surface area (Å²) < 4.78 is 0. The summed E-state index contributed by atoms with van der Waals surface area (Å²) >= 11 is 2.05. The maximum atomic E-state index is 4.34. The van der Waals surface area contributed by atoms with E-state index in [-0.39, 0.29) is 0 Å². The number of hydrogen-bond acceptors (Lipinski definition) is 3. The molecule has 1 N–H and O–H groups in total. The second kappa shape index (κ2) is 5.07. The van der Waals surface area contributed by atoms with Crippen LogP contribution >= 0.6 is 11.8 Å². The fourth-order valence-electron chi connectivity index (χ4n) is 2.19. The summed E-state index contributed by atoms with van der Waals surface area (Å²) in [5.41, 5.74) is 2.43. The van der Waals surface area contributed by atoms with Crippen LogP contribution in [0.4, 0.5) is 0 Å². The van der Waals surface area contributed by atoms with Crippen LogP contribution in [0, 0.1) is 0 Å². The van der Waals surface area contributed by atoms with Crippen LogP contribution < -0.4 is 5.32 Å². The minimum Gasteiger partial charge on any atom is -0.309 e. The number of nitrogens with zero attached hydrogens (tertiary/aromatic N) is 1. The van der Waals surface area contributed by atoms with Crippen LogP contribution in [0.15, 0.2) is 36.5 Å². The fraction of sp³-hybridized carbons (Fsp3) is 0.357. The maximum Gasteiger partial charge on any atom is 0.0702 e. The van der Waals surface area contributed by atoms with Crippen LogP contribution in [0.2, 0.25) is 0 Å². The minimum atomic E-state index is 0.699. The molecular weight excluding hydrogens is 228 g/mol. The van der Waals surface area contributed by atoms with Crippen molar-refractivity contribution in [2.75, 3.05) is 11.5 Å². The Balaban J connectivity index is 1.72. The molecule has 2 heterocycles. The third kappa shape index (κ3) is 2.61. The van der Waals surface area contributed by atoms with E-state index in [0.29, 0.717) is 6.04 Å². The molecule has 2 aromatic rings. The lowest BCUT2D eigenvalue weighted by Gasteiger charge is -2.11. The zero-order valence-electron chi connectivity index (χ0n) is 9.73. The number of benzene rings is 1. The molecule has 0 spiro atoms. The summed E-state index contributed by atoms with van der Waals surface area (Å²) in [5, 5.41) is 4.85. The Morgan fingerprint density at radius 2 is 2.35 bits per heavy atom. The van der Waals surface area contributed by atoms with Crippen molar-refractivity contribution >= 4 is 22.7 Å². The SMILES string of the molecule is c1cnc2ccc(CNC3CCSC3)cc2c1. The second-order valence-corrected chi connectivity index (χ2v) is 5.62. The molecule has 0 radical (unpaired) electrons. The first-order valence-electron chi connectivity index (χ1n) is 6.06. The molecule has 2 nitrogen and oxygen atoms in total. The molecule has 1 atom stereocenters. The topological polar surface area (TPSA) is 24.9 Å². The number of hydrogen-bond donors (Lipinski definition) is 1. The van der Waals surface area contributed by atoms with Crippen molar-refractivity contribution in [3.63, 3.8) is 0 Å². The van der Waals surface area contributed by atoms with Gasteiger partial charge in [0.25, 0.3) is 0 Å². The maximum absolute atomic E-state index is 4.34. The van der Waals surface area contributed by atoms with Crippen LogP contribution in [0.1, 0.15) is 12.0 Å². The molecule has 1 fully saturated rings. The Bertz CT molecular complexity index is 506. The van der Waals surface area contributed by atoms with E-state index in [0.717, 1.165) is 12.1 Å². The van der Waals surface area contributed by atoms with Gasteiger partial charge in [-0.1, -0.05) is 12.1 Å². The summed E-state index contributed by atoms with van der Waals surface area (Å²) in [5.74, 6) is 2.56. The number of fused-ring (bicyclic) bond motifs is 1. The normalized spacial score (nSPS) is 19.9. The second-order valence-electron chi connectivity index (χ2n) is 4.47. The molecule has 0 amide bonds. The Labute approximate surface area is 106 Å². The fourth-order valence-corrected chi connectivity index (χ4v) is 3.38. The van der Waals surface area contributed by atoms with Gasteiger partial charge < -0.3 is 5.32 Å². The molecule has 1 aliphatic rings. The Kier molecular flexibility index (Phi) is 3.29. The van der Waals surface area contributed by atoms with Gasteiger partial charge in [0, 0.05) is 29.9 Å². The van der Waals surface area contributed by atoms with Crippen molar-refractivity contribution in [3.05, 3.63) is 42.1 Å². The van der Waals surface area contributed by atoms with Gasteiger partial charge in [0.1, 0.15) is 0 Å². The van der Waals surface area contributed by atoms with Gasteiger partial charge >= 0.3 is 0 Å². The Morgan fingerprint density at radius 3 is 3.24 bits per heavy atom. The van der Waals surface area contributed by atoms with E-state index in [4.69, 9.17) is 0 Å². The predicted octanol–water partition coefficient (Wildman–Crippen LogP) is 2.83. The van der Waals surface area contributed by atoms with Crippen LogP contribution in [-0.2, 0) is 6.54 Å². The zero-order chi connectivity index (χ0) is 11.5. The van der Waals surface area contributed by atoms with Crippen molar-refractivity contribution < 1.29 is 0 Å². The average molecular weight is 244 g/mol. The van der Waals surface area contributed by atoms with Gasteiger partial charge in [-0.25, -0.2) is 0 Å². The van der Waals surface area contributed by atoms with E-state index in [2.05, 4.69) is 34.6 Å². The van der Waals surface area contributed by atoms with Gasteiger partial charge in [-0.05, 0) is 35.9 Å². The molecular formula is C14H16N2S. The van der Waals surface area contributed by atoms with Crippen molar-refractivity contribution in [3.8, 4) is 0 Å². The standard InChI is InChI=1S/C14H16N2S/c1-2-12-8-11(3-4-14(12)15-6-1)9-16-13-5-7-17-10-13/h1-4,6,8,13,16H,5,7,9-10H2. The summed E-state index contributed by atoms with van der Waals surface area (Å²) in [4.78, 5) is 4.34. The Morgan fingerprint density at radius 1 is 1.35 bits per heavy atom.